The molecule has 0 unspecified atom stereocenters. The van der Waals surface area contributed by atoms with E-state index in [1.807, 2.05) is 24.8 Å². The highest BCUT2D eigenvalue weighted by Crippen LogP contribution is 2.28. The molecular weight excluding hydrogens is 371 g/mol. The SMILES string of the molecule is CC(C)n1nccc1C(=O)N1CCC[C@H](c2ncc(Cc3cccc(F)c3)o2)C1. The number of piperidine rings is 1. The number of oxazole rings is 1. The molecule has 1 saturated heterocycles. The zero-order valence-electron chi connectivity index (χ0n) is 16.7. The van der Waals surface area contributed by atoms with Crippen molar-refractivity contribution in [3.8, 4) is 0 Å². The number of halogens is 1. The van der Waals surface area contributed by atoms with Crippen LogP contribution in [0.1, 0.15) is 66.4 Å². The molecule has 4 rings (SSSR count). The summed E-state index contributed by atoms with van der Waals surface area (Å²) in [4.78, 5) is 19.3. The zero-order chi connectivity index (χ0) is 20.4. The van der Waals surface area contributed by atoms with Crippen LogP contribution in [0, 0.1) is 5.82 Å². The lowest BCUT2D eigenvalue weighted by Crippen LogP contribution is -2.40. The predicted molar refractivity (Wildman–Crippen MR) is 106 cm³/mol. The Hall–Kier alpha value is -2.96. The molecule has 0 N–H and O–H groups in total. The fourth-order valence-electron chi connectivity index (χ4n) is 3.86. The van der Waals surface area contributed by atoms with E-state index in [0.717, 1.165) is 24.9 Å². The average molecular weight is 396 g/mol. The number of hydrogen-bond acceptors (Lipinski definition) is 4. The highest BCUT2D eigenvalue weighted by molar-refractivity contribution is 5.92. The molecule has 1 aliphatic heterocycles. The van der Waals surface area contributed by atoms with E-state index < -0.39 is 0 Å². The van der Waals surface area contributed by atoms with Gasteiger partial charge in [-0.05, 0) is 50.5 Å². The molecule has 0 saturated carbocycles. The molecule has 0 spiro atoms. The normalized spacial score (nSPS) is 17.1. The Kier molecular flexibility index (Phi) is 5.47. The van der Waals surface area contributed by atoms with Gasteiger partial charge in [-0.1, -0.05) is 12.1 Å². The van der Waals surface area contributed by atoms with Gasteiger partial charge in [-0.15, -0.1) is 0 Å². The highest BCUT2D eigenvalue weighted by atomic mass is 19.1. The molecule has 2 aromatic heterocycles. The van der Waals surface area contributed by atoms with E-state index in [0.29, 0.717) is 30.3 Å². The molecule has 1 atom stereocenters. The summed E-state index contributed by atoms with van der Waals surface area (Å²) in [6.45, 7) is 5.31. The number of aromatic nitrogens is 3. The predicted octanol–water partition coefficient (Wildman–Crippen LogP) is 4.20. The lowest BCUT2D eigenvalue weighted by molar-refractivity contribution is 0.0683. The zero-order valence-corrected chi connectivity index (χ0v) is 16.7. The number of likely N-dealkylation sites (tertiary alicyclic amines) is 1. The summed E-state index contributed by atoms with van der Waals surface area (Å²) in [6.07, 6.45) is 5.69. The standard InChI is InChI=1S/C22H25FN4O2/c1-15(2)27-20(8-9-25-27)22(28)26-10-4-6-17(14-26)21-24-13-19(29-21)12-16-5-3-7-18(23)11-16/h3,5,7-9,11,13,15,17H,4,6,10,12,14H2,1-2H3/t17-/m0/s1. The number of amides is 1. The molecular formula is C22H25FN4O2. The fourth-order valence-corrected chi connectivity index (χ4v) is 3.86. The van der Waals surface area contributed by atoms with E-state index in [2.05, 4.69) is 10.1 Å². The second kappa shape index (κ2) is 8.19. The van der Waals surface area contributed by atoms with Gasteiger partial charge in [0.25, 0.3) is 5.91 Å². The van der Waals surface area contributed by atoms with Crippen molar-refractivity contribution in [2.24, 2.45) is 0 Å². The van der Waals surface area contributed by atoms with Crippen LogP contribution < -0.4 is 0 Å². The van der Waals surface area contributed by atoms with E-state index in [1.165, 1.54) is 12.1 Å². The minimum atomic E-state index is -0.260. The van der Waals surface area contributed by atoms with Gasteiger partial charge in [-0.3, -0.25) is 9.48 Å². The molecule has 3 heterocycles. The molecule has 6 nitrogen and oxygen atoms in total. The van der Waals surface area contributed by atoms with Crippen LogP contribution >= 0.6 is 0 Å². The van der Waals surface area contributed by atoms with Crippen molar-refractivity contribution < 1.29 is 13.6 Å². The monoisotopic (exact) mass is 396 g/mol. The number of hydrogen-bond donors (Lipinski definition) is 0. The minimum Gasteiger partial charge on any atom is -0.445 e. The van der Waals surface area contributed by atoms with Crippen LogP contribution in [-0.4, -0.2) is 38.7 Å². The number of rotatable bonds is 5. The average Bonchev–Trinajstić information content (AvgIpc) is 3.37. The third kappa shape index (κ3) is 4.23. The van der Waals surface area contributed by atoms with Gasteiger partial charge in [0.05, 0.1) is 12.1 Å². The second-order valence-electron chi connectivity index (χ2n) is 7.82. The Balaban J connectivity index is 1.45. The number of benzene rings is 1. The van der Waals surface area contributed by atoms with Crippen molar-refractivity contribution >= 4 is 5.91 Å². The third-order valence-corrected chi connectivity index (χ3v) is 5.28. The van der Waals surface area contributed by atoms with Gasteiger partial charge >= 0.3 is 0 Å². The van der Waals surface area contributed by atoms with E-state index in [9.17, 15) is 9.18 Å². The van der Waals surface area contributed by atoms with Crippen molar-refractivity contribution in [3.63, 3.8) is 0 Å². The van der Waals surface area contributed by atoms with E-state index >= 15 is 0 Å². The van der Waals surface area contributed by atoms with E-state index in [1.54, 1.807) is 29.2 Å². The lowest BCUT2D eigenvalue weighted by Gasteiger charge is -2.31. The quantitative estimate of drug-likeness (QED) is 0.648. The number of carbonyl (C=O) groups excluding carboxylic acids is 1. The fraction of sp³-hybridized carbons (Fsp3) is 0.409. The molecule has 7 heteroatoms. The molecule has 0 aliphatic carbocycles. The Morgan fingerprint density at radius 1 is 1.34 bits per heavy atom. The Morgan fingerprint density at radius 2 is 2.21 bits per heavy atom. The van der Waals surface area contributed by atoms with Crippen molar-refractivity contribution in [1.29, 1.82) is 0 Å². The van der Waals surface area contributed by atoms with Gasteiger partial charge in [-0.2, -0.15) is 5.10 Å². The summed E-state index contributed by atoms with van der Waals surface area (Å²) in [6, 6.07) is 8.38. The molecule has 1 aromatic carbocycles. The number of nitrogens with zero attached hydrogens (tertiary/aromatic N) is 4. The van der Waals surface area contributed by atoms with Gasteiger partial charge in [0.1, 0.15) is 17.3 Å². The van der Waals surface area contributed by atoms with Crippen LogP contribution in [0.4, 0.5) is 4.39 Å². The minimum absolute atomic E-state index is 0.00700. The first-order valence-electron chi connectivity index (χ1n) is 10.0. The van der Waals surface area contributed by atoms with E-state index in [4.69, 9.17) is 4.42 Å². The summed E-state index contributed by atoms with van der Waals surface area (Å²) in [5, 5.41) is 4.27. The summed E-state index contributed by atoms with van der Waals surface area (Å²) in [5.41, 5.74) is 1.45. The molecule has 152 valence electrons. The van der Waals surface area contributed by atoms with Crippen LogP contribution in [0.25, 0.3) is 0 Å². The second-order valence-corrected chi connectivity index (χ2v) is 7.82. The van der Waals surface area contributed by atoms with Crippen LogP contribution in [0.3, 0.4) is 0 Å². The van der Waals surface area contributed by atoms with Crippen molar-refractivity contribution in [2.75, 3.05) is 13.1 Å². The van der Waals surface area contributed by atoms with Gasteiger partial charge in [-0.25, -0.2) is 9.37 Å². The molecule has 29 heavy (non-hydrogen) atoms. The Bertz CT molecular complexity index is 994. The van der Waals surface area contributed by atoms with Crippen molar-refractivity contribution in [1.82, 2.24) is 19.7 Å². The van der Waals surface area contributed by atoms with Crippen LogP contribution in [-0.2, 0) is 6.42 Å². The maximum Gasteiger partial charge on any atom is 0.272 e. The van der Waals surface area contributed by atoms with E-state index in [-0.39, 0.29) is 23.7 Å². The van der Waals surface area contributed by atoms with Gasteiger partial charge in [0.2, 0.25) is 0 Å². The summed E-state index contributed by atoms with van der Waals surface area (Å²) < 4.78 is 21.1. The molecule has 1 amide bonds. The van der Waals surface area contributed by atoms with Crippen LogP contribution in [0.5, 0.6) is 0 Å². The van der Waals surface area contributed by atoms with Crippen LogP contribution in [0.2, 0.25) is 0 Å². The maximum atomic E-state index is 13.4. The summed E-state index contributed by atoms with van der Waals surface area (Å²) in [5.74, 6) is 1.14. The number of carbonyl (C=O) groups is 1. The third-order valence-electron chi connectivity index (χ3n) is 5.28. The summed E-state index contributed by atoms with van der Waals surface area (Å²) in [7, 11) is 0. The van der Waals surface area contributed by atoms with Crippen molar-refractivity contribution in [3.05, 3.63) is 71.5 Å². The topological polar surface area (TPSA) is 64.2 Å². The van der Waals surface area contributed by atoms with Crippen LogP contribution in [0.15, 0.2) is 47.1 Å². The first-order valence-corrected chi connectivity index (χ1v) is 10.0. The molecule has 3 aromatic rings. The van der Waals surface area contributed by atoms with Crippen molar-refractivity contribution in [2.45, 2.75) is 45.1 Å². The lowest BCUT2D eigenvalue weighted by atomic mass is 9.97. The van der Waals surface area contributed by atoms with Gasteiger partial charge in [0, 0.05) is 31.7 Å². The highest BCUT2D eigenvalue weighted by Gasteiger charge is 2.30. The molecule has 0 radical (unpaired) electrons. The van der Waals surface area contributed by atoms with Gasteiger partial charge in [0.15, 0.2) is 5.89 Å². The first-order chi connectivity index (χ1) is 14.0. The molecule has 1 fully saturated rings. The smallest absolute Gasteiger partial charge is 0.272 e. The maximum absolute atomic E-state index is 13.4. The Labute approximate surface area is 169 Å². The molecule has 0 bridgehead atoms. The summed E-state index contributed by atoms with van der Waals surface area (Å²) >= 11 is 0. The first kappa shape index (κ1) is 19.4. The Morgan fingerprint density at radius 3 is 3.00 bits per heavy atom. The largest absolute Gasteiger partial charge is 0.445 e. The van der Waals surface area contributed by atoms with Gasteiger partial charge < -0.3 is 9.32 Å². The molecule has 1 aliphatic rings.